The molecule has 0 spiro atoms. The molecule has 0 fully saturated rings. The van der Waals surface area contributed by atoms with E-state index in [1.165, 1.54) is 30.3 Å². The van der Waals surface area contributed by atoms with Crippen molar-refractivity contribution in [2.24, 2.45) is 0 Å². The molecule has 0 aliphatic rings. The molecule has 0 unspecified atom stereocenters. The fraction of sp³-hybridized carbons (Fsp3) is 0.136. The summed E-state index contributed by atoms with van der Waals surface area (Å²) in [5.41, 5.74) is 2.99. The van der Waals surface area contributed by atoms with Crippen LogP contribution in [0.5, 0.6) is 0 Å². The first-order valence-electron chi connectivity index (χ1n) is 9.07. The van der Waals surface area contributed by atoms with Crippen molar-refractivity contribution in [1.82, 2.24) is 0 Å². The van der Waals surface area contributed by atoms with Gasteiger partial charge in [-0.15, -0.1) is 0 Å². The van der Waals surface area contributed by atoms with E-state index in [2.05, 4.69) is 10.0 Å². The number of ether oxygens (including phenoxy) is 1. The number of amides is 1. The van der Waals surface area contributed by atoms with Gasteiger partial charge in [0.05, 0.1) is 22.2 Å². The summed E-state index contributed by atoms with van der Waals surface area (Å²) in [4.78, 5) is 12.7. The number of methoxy groups -OCH3 is 1. The van der Waals surface area contributed by atoms with E-state index in [0.29, 0.717) is 17.9 Å². The lowest BCUT2D eigenvalue weighted by Gasteiger charge is -2.12. The minimum atomic E-state index is -3.79. The number of anilines is 2. The van der Waals surface area contributed by atoms with Crippen LogP contribution in [0.25, 0.3) is 0 Å². The fourth-order valence-electron chi connectivity index (χ4n) is 2.77. The van der Waals surface area contributed by atoms with Gasteiger partial charge in [-0.2, -0.15) is 0 Å². The molecule has 0 bridgehead atoms. The lowest BCUT2D eigenvalue weighted by Crippen LogP contribution is -2.15. The van der Waals surface area contributed by atoms with Crippen LogP contribution in [0.1, 0.15) is 21.5 Å². The van der Waals surface area contributed by atoms with Crippen LogP contribution in [0, 0.1) is 6.92 Å². The number of nitrogens with one attached hydrogen (secondary N) is 2. The Balaban J connectivity index is 1.75. The van der Waals surface area contributed by atoms with E-state index in [4.69, 9.17) is 16.3 Å². The molecule has 1 amide bonds. The van der Waals surface area contributed by atoms with Gasteiger partial charge in [0.15, 0.2) is 0 Å². The Morgan fingerprint density at radius 3 is 2.43 bits per heavy atom. The molecule has 0 saturated carbocycles. The highest BCUT2D eigenvalue weighted by atomic mass is 35.5. The highest BCUT2D eigenvalue weighted by molar-refractivity contribution is 7.92. The van der Waals surface area contributed by atoms with E-state index < -0.39 is 10.0 Å². The predicted molar refractivity (Wildman–Crippen MR) is 119 cm³/mol. The number of benzene rings is 3. The Morgan fingerprint density at radius 1 is 1.03 bits per heavy atom. The summed E-state index contributed by atoms with van der Waals surface area (Å²) >= 11 is 6.24. The molecule has 30 heavy (non-hydrogen) atoms. The molecule has 0 atom stereocenters. The van der Waals surface area contributed by atoms with Crippen molar-refractivity contribution >= 4 is 38.9 Å². The average Bonchev–Trinajstić information content (AvgIpc) is 2.70. The third kappa shape index (κ3) is 5.38. The summed E-state index contributed by atoms with van der Waals surface area (Å²) in [6.45, 7) is 2.31. The number of rotatable bonds is 7. The number of carbonyl (C=O) groups excluding carboxylic acids is 1. The maximum atomic E-state index is 12.6. The standard InChI is InChI=1S/C22H21ClN2O4S/c1-15-6-9-19(10-7-15)30(27,28)25-21-11-8-17(13-20(21)23)22(26)24-18-5-3-4-16(12-18)14-29-2/h3-13,25H,14H2,1-2H3,(H,24,26). The molecule has 0 aromatic heterocycles. The second kappa shape index (κ2) is 9.30. The molecule has 0 heterocycles. The number of halogens is 1. The van der Waals surface area contributed by atoms with E-state index in [9.17, 15) is 13.2 Å². The highest BCUT2D eigenvalue weighted by Gasteiger charge is 2.17. The van der Waals surface area contributed by atoms with Crippen molar-refractivity contribution in [2.45, 2.75) is 18.4 Å². The summed E-state index contributed by atoms with van der Waals surface area (Å²) in [6.07, 6.45) is 0. The molecular weight excluding hydrogens is 424 g/mol. The van der Waals surface area contributed by atoms with Gasteiger partial charge in [-0.25, -0.2) is 8.42 Å². The van der Waals surface area contributed by atoms with Crippen LogP contribution in [0.4, 0.5) is 11.4 Å². The first-order valence-corrected chi connectivity index (χ1v) is 10.9. The first-order chi connectivity index (χ1) is 14.3. The van der Waals surface area contributed by atoms with Crippen LogP contribution in [-0.2, 0) is 21.4 Å². The van der Waals surface area contributed by atoms with E-state index in [1.54, 1.807) is 25.3 Å². The van der Waals surface area contributed by atoms with E-state index in [0.717, 1.165) is 11.1 Å². The molecule has 8 heteroatoms. The zero-order chi connectivity index (χ0) is 21.7. The average molecular weight is 445 g/mol. The van der Waals surface area contributed by atoms with E-state index in [-0.39, 0.29) is 21.5 Å². The maximum Gasteiger partial charge on any atom is 0.261 e. The highest BCUT2D eigenvalue weighted by Crippen LogP contribution is 2.26. The number of carbonyl (C=O) groups is 1. The first kappa shape index (κ1) is 21.8. The van der Waals surface area contributed by atoms with Gasteiger partial charge in [-0.05, 0) is 55.0 Å². The molecule has 3 aromatic rings. The van der Waals surface area contributed by atoms with Crippen molar-refractivity contribution in [2.75, 3.05) is 17.1 Å². The molecule has 0 radical (unpaired) electrons. The minimum absolute atomic E-state index is 0.117. The summed E-state index contributed by atoms with van der Waals surface area (Å²) in [6, 6.07) is 18.1. The number of hydrogen-bond acceptors (Lipinski definition) is 4. The number of aryl methyl sites for hydroxylation is 1. The topological polar surface area (TPSA) is 84.5 Å². The van der Waals surface area contributed by atoms with Gasteiger partial charge in [0.1, 0.15) is 0 Å². The van der Waals surface area contributed by atoms with Crippen molar-refractivity contribution in [1.29, 1.82) is 0 Å². The Morgan fingerprint density at radius 2 is 1.77 bits per heavy atom. The number of hydrogen-bond donors (Lipinski definition) is 2. The summed E-state index contributed by atoms with van der Waals surface area (Å²) in [5, 5.41) is 2.91. The van der Waals surface area contributed by atoms with Gasteiger partial charge in [0.2, 0.25) is 0 Å². The van der Waals surface area contributed by atoms with Crippen molar-refractivity contribution < 1.29 is 17.9 Å². The lowest BCUT2D eigenvalue weighted by atomic mass is 10.1. The van der Waals surface area contributed by atoms with Gasteiger partial charge in [-0.3, -0.25) is 9.52 Å². The van der Waals surface area contributed by atoms with Crippen LogP contribution in [0.15, 0.2) is 71.6 Å². The van der Waals surface area contributed by atoms with E-state index in [1.807, 2.05) is 25.1 Å². The molecule has 156 valence electrons. The van der Waals surface area contributed by atoms with Crippen molar-refractivity contribution in [3.63, 3.8) is 0 Å². The van der Waals surface area contributed by atoms with Gasteiger partial charge < -0.3 is 10.1 Å². The predicted octanol–water partition coefficient (Wildman–Crippen LogP) is 4.85. The summed E-state index contributed by atoms with van der Waals surface area (Å²) < 4.78 is 32.6. The van der Waals surface area contributed by atoms with Gasteiger partial charge in [0, 0.05) is 18.4 Å². The van der Waals surface area contributed by atoms with Gasteiger partial charge in [0.25, 0.3) is 15.9 Å². The molecule has 3 aromatic carbocycles. The third-order valence-corrected chi connectivity index (χ3v) is 6.00. The Kier molecular flexibility index (Phi) is 6.77. The van der Waals surface area contributed by atoms with Crippen LogP contribution in [0.2, 0.25) is 5.02 Å². The molecule has 6 nitrogen and oxygen atoms in total. The zero-order valence-corrected chi connectivity index (χ0v) is 18.0. The smallest absolute Gasteiger partial charge is 0.261 e. The molecule has 0 aliphatic heterocycles. The fourth-order valence-corrected chi connectivity index (χ4v) is 4.13. The molecule has 2 N–H and O–H groups in total. The van der Waals surface area contributed by atoms with Crippen LogP contribution < -0.4 is 10.0 Å². The maximum absolute atomic E-state index is 12.6. The second-order valence-electron chi connectivity index (χ2n) is 6.70. The zero-order valence-electron chi connectivity index (χ0n) is 16.5. The van der Waals surface area contributed by atoms with Crippen molar-refractivity contribution in [3.8, 4) is 0 Å². The Bertz CT molecular complexity index is 1160. The molecule has 0 saturated heterocycles. The third-order valence-electron chi connectivity index (χ3n) is 4.30. The minimum Gasteiger partial charge on any atom is -0.380 e. The SMILES string of the molecule is COCc1cccc(NC(=O)c2ccc(NS(=O)(=O)c3ccc(C)cc3)c(Cl)c2)c1. The molecule has 3 rings (SSSR count). The summed E-state index contributed by atoms with van der Waals surface area (Å²) in [5.74, 6) is -0.362. The Hall–Kier alpha value is -2.87. The van der Waals surface area contributed by atoms with Crippen LogP contribution in [-0.4, -0.2) is 21.4 Å². The molecule has 0 aliphatic carbocycles. The van der Waals surface area contributed by atoms with Crippen molar-refractivity contribution in [3.05, 3.63) is 88.4 Å². The number of sulfonamides is 1. The van der Waals surface area contributed by atoms with E-state index >= 15 is 0 Å². The second-order valence-corrected chi connectivity index (χ2v) is 8.79. The summed E-state index contributed by atoms with van der Waals surface area (Å²) in [7, 11) is -2.19. The normalized spacial score (nSPS) is 11.2. The Labute approximate surface area is 180 Å². The van der Waals surface area contributed by atoms with Crippen LogP contribution in [0.3, 0.4) is 0 Å². The van der Waals surface area contributed by atoms with Gasteiger partial charge in [-0.1, -0.05) is 41.4 Å². The van der Waals surface area contributed by atoms with Crippen LogP contribution >= 0.6 is 11.6 Å². The molecular formula is C22H21ClN2O4S. The van der Waals surface area contributed by atoms with Gasteiger partial charge >= 0.3 is 0 Å². The largest absolute Gasteiger partial charge is 0.380 e. The lowest BCUT2D eigenvalue weighted by molar-refractivity contribution is 0.102. The monoisotopic (exact) mass is 444 g/mol. The quantitative estimate of drug-likeness (QED) is 0.545.